The number of aryl methyl sites for hydroxylation is 1. The Hall–Kier alpha value is -1.34. The summed E-state index contributed by atoms with van der Waals surface area (Å²) in [7, 11) is 0. The average molecular weight is 350 g/mol. The minimum Gasteiger partial charge on any atom is -0.338 e. The Bertz CT molecular complexity index is 608. The number of hydrogen-bond acceptors (Lipinski definition) is 3. The quantitative estimate of drug-likeness (QED) is 0.848. The van der Waals surface area contributed by atoms with Gasteiger partial charge in [0, 0.05) is 19.1 Å². The van der Waals surface area contributed by atoms with Crippen LogP contribution >= 0.6 is 12.4 Å². The summed E-state index contributed by atoms with van der Waals surface area (Å²) < 4.78 is 37.9. The Balaban J connectivity index is 0.00000192. The van der Waals surface area contributed by atoms with Crippen LogP contribution < -0.4 is 5.73 Å². The van der Waals surface area contributed by atoms with Crippen molar-refractivity contribution in [2.24, 2.45) is 17.6 Å². The molecule has 0 spiro atoms. The number of halogens is 4. The lowest BCUT2D eigenvalue weighted by Gasteiger charge is -2.20. The van der Waals surface area contributed by atoms with Crippen molar-refractivity contribution in [3.8, 4) is 0 Å². The maximum Gasteiger partial charge on any atom is 0.433 e. The van der Waals surface area contributed by atoms with E-state index in [1.807, 2.05) is 0 Å². The van der Waals surface area contributed by atoms with E-state index >= 15 is 0 Å². The van der Waals surface area contributed by atoms with E-state index in [2.05, 4.69) is 4.98 Å². The minimum atomic E-state index is -4.50. The van der Waals surface area contributed by atoms with Crippen molar-refractivity contribution in [3.05, 3.63) is 29.1 Å². The molecule has 3 unspecified atom stereocenters. The molecule has 2 fully saturated rings. The number of rotatable bonds is 1. The average Bonchev–Trinajstić information content (AvgIpc) is 3.00. The fourth-order valence-corrected chi connectivity index (χ4v) is 3.59. The van der Waals surface area contributed by atoms with E-state index < -0.39 is 11.9 Å². The summed E-state index contributed by atoms with van der Waals surface area (Å²) in [5.41, 5.74) is 5.42. The number of aromatic nitrogens is 1. The molecular weight excluding hydrogens is 331 g/mol. The van der Waals surface area contributed by atoms with E-state index in [1.54, 1.807) is 4.90 Å². The van der Waals surface area contributed by atoms with Crippen molar-refractivity contribution in [1.29, 1.82) is 0 Å². The van der Waals surface area contributed by atoms with Gasteiger partial charge in [-0.3, -0.25) is 4.79 Å². The van der Waals surface area contributed by atoms with Crippen LogP contribution in [0.25, 0.3) is 0 Å². The van der Waals surface area contributed by atoms with E-state index in [1.165, 1.54) is 13.0 Å². The van der Waals surface area contributed by atoms with Crippen LogP contribution in [-0.2, 0) is 6.18 Å². The van der Waals surface area contributed by atoms with Gasteiger partial charge in [-0.15, -0.1) is 12.4 Å². The summed E-state index contributed by atoms with van der Waals surface area (Å²) in [6, 6.07) is 2.21. The molecule has 8 heteroatoms. The monoisotopic (exact) mass is 349 g/mol. The van der Waals surface area contributed by atoms with Gasteiger partial charge in [-0.1, -0.05) is 0 Å². The summed E-state index contributed by atoms with van der Waals surface area (Å²) in [5.74, 6) is 0.480. The second-order valence-corrected chi connectivity index (χ2v) is 6.20. The smallest absolute Gasteiger partial charge is 0.338 e. The van der Waals surface area contributed by atoms with Crippen molar-refractivity contribution in [2.75, 3.05) is 13.1 Å². The largest absolute Gasteiger partial charge is 0.433 e. The van der Waals surface area contributed by atoms with Gasteiger partial charge in [-0.25, -0.2) is 4.98 Å². The molecule has 1 amide bonds. The lowest BCUT2D eigenvalue weighted by atomic mass is 9.98. The predicted octanol–water partition coefficient (Wildman–Crippen LogP) is 2.64. The van der Waals surface area contributed by atoms with Gasteiger partial charge in [0.1, 0.15) is 5.69 Å². The lowest BCUT2D eigenvalue weighted by Crippen LogP contribution is -2.34. The highest BCUT2D eigenvalue weighted by Crippen LogP contribution is 2.38. The maximum absolute atomic E-state index is 12.6. The standard InChI is InChI=1S/C15H18F3N3O.ClH/c1-8-10(3-5-13(20-8)15(16,17)18)14(22)21-6-9-2-4-12(19)11(9)7-21;/h3,5,9,11-12H,2,4,6-7,19H2,1H3;1H. The first kappa shape index (κ1) is 18.0. The zero-order valence-electron chi connectivity index (χ0n) is 12.6. The maximum atomic E-state index is 12.6. The molecule has 1 aromatic rings. The first-order valence-electron chi connectivity index (χ1n) is 7.37. The Morgan fingerprint density at radius 1 is 1.30 bits per heavy atom. The van der Waals surface area contributed by atoms with Gasteiger partial charge in [0.2, 0.25) is 0 Å². The van der Waals surface area contributed by atoms with Gasteiger partial charge in [0.25, 0.3) is 5.91 Å². The van der Waals surface area contributed by atoms with Crippen LogP contribution in [0, 0.1) is 18.8 Å². The van der Waals surface area contributed by atoms with Gasteiger partial charge in [-0.2, -0.15) is 13.2 Å². The van der Waals surface area contributed by atoms with Crippen molar-refractivity contribution < 1.29 is 18.0 Å². The fraction of sp³-hybridized carbons (Fsp3) is 0.600. The van der Waals surface area contributed by atoms with Gasteiger partial charge >= 0.3 is 6.18 Å². The van der Waals surface area contributed by atoms with E-state index in [9.17, 15) is 18.0 Å². The highest BCUT2D eigenvalue weighted by Gasteiger charge is 2.43. The van der Waals surface area contributed by atoms with E-state index in [4.69, 9.17) is 5.73 Å². The minimum absolute atomic E-state index is 0. The van der Waals surface area contributed by atoms with E-state index in [-0.39, 0.29) is 35.6 Å². The molecule has 1 aromatic heterocycles. The molecule has 0 aromatic carbocycles. The zero-order valence-corrected chi connectivity index (χ0v) is 13.5. The molecule has 4 nitrogen and oxygen atoms in total. The third kappa shape index (κ3) is 3.30. The molecular formula is C15H19ClF3N3O. The number of nitrogens with two attached hydrogens (primary N) is 1. The Morgan fingerprint density at radius 3 is 2.57 bits per heavy atom. The second kappa shape index (κ2) is 6.28. The van der Waals surface area contributed by atoms with Crippen molar-refractivity contribution in [2.45, 2.75) is 32.0 Å². The van der Waals surface area contributed by atoms with Crippen molar-refractivity contribution in [1.82, 2.24) is 9.88 Å². The number of likely N-dealkylation sites (tertiary alicyclic amines) is 1. The van der Waals surface area contributed by atoms with Crippen LogP contribution in [0.3, 0.4) is 0 Å². The fourth-order valence-electron chi connectivity index (χ4n) is 3.59. The number of carbonyl (C=O) groups is 1. The molecule has 0 radical (unpaired) electrons. The molecule has 1 saturated heterocycles. The number of alkyl halides is 3. The van der Waals surface area contributed by atoms with Crippen LogP contribution in [-0.4, -0.2) is 34.9 Å². The third-order valence-corrected chi connectivity index (χ3v) is 4.81. The van der Waals surface area contributed by atoms with Crippen LogP contribution in [0.15, 0.2) is 12.1 Å². The number of fused-ring (bicyclic) bond motifs is 1. The van der Waals surface area contributed by atoms with E-state index in [0.29, 0.717) is 24.9 Å². The normalized spacial score (nSPS) is 26.8. The zero-order chi connectivity index (χ0) is 16.1. The molecule has 1 aliphatic carbocycles. The summed E-state index contributed by atoms with van der Waals surface area (Å²) >= 11 is 0. The second-order valence-electron chi connectivity index (χ2n) is 6.20. The van der Waals surface area contributed by atoms with Gasteiger partial charge in [0.05, 0.1) is 11.3 Å². The van der Waals surface area contributed by atoms with Crippen molar-refractivity contribution in [3.63, 3.8) is 0 Å². The third-order valence-electron chi connectivity index (χ3n) is 4.81. The Morgan fingerprint density at radius 2 is 2.00 bits per heavy atom. The number of hydrogen-bond donors (Lipinski definition) is 1. The van der Waals surface area contributed by atoms with Gasteiger partial charge < -0.3 is 10.6 Å². The van der Waals surface area contributed by atoms with Crippen molar-refractivity contribution >= 4 is 18.3 Å². The molecule has 0 bridgehead atoms. The van der Waals surface area contributed by atoms with Gasteiger partial charge in [0.15, 0.2) is 0 Å². The summed E-state index contributed by atoms with van der Waals surface area (Å²) in [6.45, 7) is 2.66. The SMILES string of the molecule is Cc1nc(C(F)(F)F)ccc1C(=O)N1CC2CCC(N)C2C1.Cl. The van der Waals surface area contributed by atoms with E-state index in [0.717, 1.165) is 18.9 Å². The molecule has 23 heavy (non-hydrogen) atoms. The summed E-state index contributed by atoms with van der Waals surface area (Å²) in [4.78, 5) is 17.8. The van der Waals surface area contributed by atoms with Crippen LogP contribution in [0.5, 0.6) is 0 Å². The molecule has 2 aliphatic rings. The van der Waals surface area contributed by atoms with Gasteiger partial charge in [-0.05, 0) is 43.7 Å². The molecule has 1 saturated carbocycles. The van der Waals surface area contributed by atoms with Crippen LogP contribution in [0.4, 0.5) is 13.2 Å². The number of nitrogens with zero attached hydrogens (tertiary/aromatic N) is 2. The first-order chi connectivity index (χ1) is 10.3. The highest BCUT2D eigenvalue weighted by molar-refractivity contribution is 5.95. The molecule has 3 rings (SSSR count). The first-order valence-corrected chi connectivity index (χ1v) is 7.37. The predicted molar refractivity (Wildman–Crippen MR) is 81.3 cm³/mol. The summed E-state index contributed by atoms with van der Waals surface area (Å²) in [5, 5.41) is 0. The molecule has 1 aliphatic heterocycles. The topological polar surface area (TPSA) is 59.2 Å². The number of carbonyl (C=O) groups excluding carboxylic acids is 1. The molecule has 3 atom stereocenters. The van der Waals surface area contributed by atoms with Crippen LogP contribution in [0.2, 0.25) is 0 Å². The number of pyridine rings is 1. The molecule has 2 N–H and O–H groups in total. The lowest BCUT2D eigenvalue weighted by molar-refractivity contribution is -0.141. The van der Waals surface area contributed by atoms with Crippen LogP contribution in [0.1, 0.15) is 34.6 Å². The summed E-state index contributed by atoms with van der Waals surface area (Å²) in [6.07, 6.45) is -2.50. The Labute approximate surface area is 138 Å². The molecule has 128 valence electrons. The molecule has 2 heterocycles. The highest BCUT2D eigenvalue weighted by atomic mass is 35.5. The number of amides is 1. The Kier molecular flexibility index (Phi) is 4.92.